The SMILES string of the molecule is BrCCc1ccccc1CCBr.OCCc1ccccc1CCO. The average molecular weight is 458 g/mol. The molecule has 2 aromatic carbocycles. The van der Waals surface area contributed by atoms with Crippen LogP contribution in [0.15, 0.2) is 48.5 Å². The van der Waals surface area contributed by atoms with Gasteiger partial charge in [0.05, 0.1) is 0 Å². The fourth-order valence-corrected chi connectivity index (χ4v) is 3.39. The smallest absolute Gasteiger partial charge is 0.0471 e. The second kappa shape index (κ2) is 13.6. The summed E-state index contributed by atoms with van der Waals surface area (Å²) in [5.41, 5.74) is 5.20. The number of benzene rings is 2. The average Bonchev–Trinajstić information content (AvgIpc) is 2.60. The maximum absolute atomic E-state index is 8.75. The molecule has 0 amide bonds. The third kappa shape index (κ3) is 7.93. The third-order valence-electron chi connectivity index (χ3n) is 3.73. The summed E-state index contributed by atoms with van der Waals surface area (Å²) in [6.07, 6.45) is 3.61. The van der Waals surface area contributed by atoms with Crippen molar-refractivity contribution in [2.75, 3.05) is 23.9 Å². The zero-order chi connectivity index (χ0) is 17.6. The van der Waals surface area contributed by atoms with E-state index in [0.717, 1.165) is 34.6 Å². The van der Waals surface area contributed by atoms with Crippen molar-refractivity contribution >= 4 is 31.9 Å². The third-order valence-corrected chi connectivity index (χ3v) is 4.52. The van der Waals surface area contributed by atoms with E-state index in [1.165, 1.54) is 11.1 Å². The van der Waals surface area contributed by atoms with Crippen LogP contribution in [-0.2, 0) is 25.7 Å². The second-order valence-electron chi connectivity index (χ2n) is 5.36. The fraction of sp³-hybridized carbons (Fsp3) is 0.400. The van der Waals surface area contributed by atoms with Crippen LogP contribution in [0.1, 0.15) is 22.3 Å². The lowest BCUT2D eigenvalue weighted by atomic mass is 10.0. The summed E-state index contributed by atoms with van der Waals surface area (Å²) in [7, 11) is 0. The van der Waals surface area contributed by atoms with Gasteiger partial charge < -0.3 is 10.2 Å². The lowest BCUT2D eigenvalue weighted by molar-refractivity contribution is 0.293. The first-order chi connectivity index (χ1) is 11.8. The van der Waals surface area contributed by atoms with Gasteiger partial charge in [-0.2, -0.15) is 0 Å². The van der Waals surface area contributed by atoms with Crippen LogP contribution in [-0.4, -0.2) is 34.1 Å². The van der Waals surface area contributed by atoms with Crippen LogP contribution >= 0.6 is 31.9 Å². The lowest BCUT2D eigenvalue weighted by Crippen LogP contribution is -1.99. The van der Waals surface area contributed by atoms with Crippen LogP contribution < -0.4 is 0 Å². The van der Waals surface area contributed by atoms with E-state index in [-0.39, 0.29) is 13.2 Å². The van der Waals surface area contributed by atoms with E-state index in [9.17, 15) is 0 Å². The highest BCUT2D eigenvalue weighted by Crippen LogP contribution is 2.12. The van der Waals surface area contributed by atoms with E-state index in [0.29, 0.717) is 12.8 Å². The molecule has 132 valence electrons. The van der Waals surface area contributed by atoms with Crippen molar-refractivity contribution in [3.8, 4) is 0 Å². The molecule has 2 N–H and O–H groups in total. The van der Waals surface area contributed by atoms with Gasteiger partial charge in [0.15, 0.2) is 0 Å². The Hall–Kier alpha value is -0.680. The van der Waals surface area contributed by atoms with E-state index >= 15 is 0 Å². The molecule has 0 aliphatic rings. The first-order valence-corrected chi connectivity index (χ1v) is 10.5. The van der Waals surface area contributed by atoms with E-state index in [1.54, 1.807) is 0 Å². The predicted octanol–water partition coefficient (Wildman–Crippen LogP) is 4.32. The summed E-state index contributed by atoms with van der Waals surface area (Å²) in [5.74, 6) is 0. The molecule has 0 aliphatic carbocycles. The van der Waals surface area contributed by atoms with Crippen LogP contribution in [0.2, 0.25) is 0 Å². The molecular formula is C20H26Br2O2. The van der Waals surface area contributed by atoms with Crippen LogP contribution in [0.5, 0.6) is 0 Å². The molecule has 0 radical (unpaired) electrons. The van der Waals surface area contributed by atoms with Crippen molar-refractivity contribution in [3.63, 3.8) is 0 Å². The molecule has 0 spiro atoms. The zero-order valence-electron chi connectivity index (χ0n) is 13.9. The summed E-state index contributed by atoms with van der Waals surface area (Å²) in [6.45, 7) is 0.338. The normalized spacial score (nSPS) is 10.2. The van der Waals surface area contributed by atoms with E-state index in [2.05, 4.69) is 56.1 Å². The van der Waals surface area contributed by atoms with Gasteiger partial charge in [0.1, 0.15) is 0 Å². The minimum absolute atomic E-state index is 0.169. The molecule has 2 aromatic rings. The van der Waals surface area contributed by atoms with Gasteiger partial charge in [-0.25, -0.2) is 0 Å². The molecule has 4 heteroatoms. The molecule has 0 heterocycles. The van der Waals surface area contributed by atoms with Gasteiger partial charge in [0.25, 0.3) is 0 Å². The molecule has 2 rings (SSSR count). The Bertz CT molecular complexity index is 472. The van der Waals surface area contributed by atoms with Gasteiger partial charge in [0.2, 0.25) is 0 Å². The summed E-state index contributed by atoms with van der Waals surface area (Å²) < 4.78 is 0. The molecule has 0 atom stereocenters. The Labute approximate surface area is 162 Å². The molecule has 24 heavy (non-hydrogen) atoms. The van der Waals surface area contributed by atoms with Gasteiger partial charge in [-0.1, -0.05) is 80.4 Å². The number of aliphatic hydroxyl groups is 2. The second-order valence-corrected chi connectivity index (χ2v) is 6.95. The van der Waals surface area contributed by atoms with Crippen molar-refractivity contribution in [2.45, 2.75) is 25.7 Å². The summed E-state index contributed by atoms with van der Waals surface area (Å²) >= 11 is 6.92. The van der Waals surface area contributed by atoms with Crippen molar-refractivity contribution in [2.24, 2.45) is 0 Å². The maximum atomic E-state index is 8.75. The largest absolute Gasteiger partial charge is 0.396 e. The molecule has 0 fully saturated rings. The Morgan fingerprint density at radius 1 is 0.542 bits per heavy atom. The summed E-state index contributed by atoms with van der Waals surface area (Å²) in [4.78, 5) is 0. The van der Waals surface area contributed by atoms with E-state index in [1.807, 2.05) is 24.3 Å². The summed E-state index contributed by atoms with van der Waals surface area (Å²) in [6, 6.07) is 16.5. The number of aryl methyl sites for hydroxylation is 2. The van der Waals surface area contributed by atoms with Gasteiger partial charge in [-0.3, -0.25) is 0 Å². The Balaban J connectivity index is 0.000000240. The highest BCUT2D eigenvalue weighted by Gasteiger charge is 1.99. The van der Waals surface area contributed by atoms with Crippen molar-refractivity contribution in [1.82, 2.24) is 0 Å². The molecule has 0 aromatic heterocycles. The minimum Gasteiger partial charge on any atom is -0.396 e. The number of hydrogen-bond acceptors (Lipinski definition) is 2. The minimum atomic E-state index is 0.169. The van der Waals surface area contributed by atoms with Crippen molar-refractivity contribution < 1.29 is 10.2 Å². The van der Waals surface area contributed by atoms with Crippen LogP contribution in [0.4, 0.5) is 0 Å². The zero-order valence-corrected chi connectivity index (χ0v) is 17.1. The van der Waals surface area contributed by atoms with Crippen LogP contribution in [0.25, 0.3) is 0 Å². The quantitative estimate of drug-likeness (QED) is 0.579. The molecule has 0 saturated heterocycles. The number of halogens is 2. The first kappa shape index (κ1) is 21.4. The number of aliphatic hydroxyl groups excluding tert-OH is 2. The topological polar surface area (TPSA) is 40.5 Å². The maximum Gasteiger partial charge on any atom is 0.0471 e. The first-order valence-electron chi connectivity index (χ1n) is 8.24. The summed E-state index contributed by atoms with van der Waals surface area (Å²) in [5, 5.41) is 19.6. The van der Waals surface area contributed by atoms with E-state index < -0.39 is 0 Å². The fourth-order valence-electron chi connectivity index (χ4n) is 2.54. The van der Waals surface area contributed by atoms with Gasteiger partial charge in [-0.05, 0) is 47.9 Å². The number of hydrogen-bond donors (Lipinski definition) is 2. The standard InChI is InChI=1S/C10H12Br2.C10H14O2/c2*11-7-5-9-3-1-2-4-10(9)6-8-12/h1-4H,5-8H2;1-4,11-12H,5-8H2. The van der Waals surface area contributed by atoms with Crippen LogP contribution in [0, 0.1) is 0 Å². The monoisotopic (exact) mass is 456 g/mol. The van der Waals surface area contributed by atoms with Crippen molar-refractivity contribution in [3.05, 3.63) is 70.8 Å². The highest BCUT2D eigenvalue weighted by molar-refractivity contribution is 9.09. The molecule has 0 bridgehead atoms. The highest BCUT2D eigenvalue weighted by atomic mass is 79.9. The van der Waals surface area contributed by atoms with Gasteiger partial charge in [0, 0.05) is 23.9 Å². The van der Waals surface area contributed by atoms with Gasteiger partial charge in [-0.15, -0.1) is 0 Å². The number of rotatable bonds is 8. The Morgan fingerprint density at radius 3 is 1.08 bits per heavy atom. The predicted molar refractivity (Wildman–Crippen MR) is 109 cm³/mol. The Kier molecular flexibility index (Phi) is 12.1. The molecule has 0 saturated carbocycles. The molecule has 0 aliphatic heterocycles. The van der Waals surface area contributed by atoms with E-state index in [4.69, 9.17) is 10.2 Å². The number of alkyl halides is 2. The molecule has 0 unspecified atom stereocenters. The van der Waals surface area contributed by atoms with Crippen molar-refractivity contribution in [1.29, 1.82) is 0 Å². The van der Waals surface area contributed by atoms with Gasteiger partial charge >= 0.3 is 0 Å². The molecule has 2 nitrogen and oxygen atoms in total. The Morgan fingerprint density at radius 2 is 0.833 bits per heavy atom. The van der Waals surface area contributed by atoms with Crippen LogP contribution in [0.3, 0.4) is 0 Å². The molecular weight excluding hydrogens is 432 g/mol. The lowest BCUT2D eigenvalue weighted by Gasteiger charge is -2.05.